The number of nitrogens with zero attached hydrogens (tertiary/aromatic N) is 1. The fourth-order valence-electron chi connectivity index (χ4n) is 4.29. The average Bonchev–Trinajstić information content (AvgIpc) is 3.22. The standard InChI is InChI=1S/C26H34F3NO5/c1-16(2)22-21(30-23(35-22)19-9-6-10-20(12-19)26(27,28)29)15-33-13-17-7-5-8-18(11-17)14-34-25(3,4)24(31)32/h6,9-10,12,16-18H,5,7-8,11,13-15H2,1-4H3,(H,31,32). The number of aliphatic carboxylic acids is 1. The smallest absolute Gasteiger partial charge is 0.416 e. The average molecular weight is 498 g/mol. The number of aromatic nitrogens is 1. The fraction of sp³-hybridized carbons (Fsp3) is 0.615. The quantitative estimate of drug-likeness (QED) is 0.394. The Labute approximate surface area is 203 Å². The van der Waals surface area contributed by atoms with Gasteiger partial charge >= 0.3 is 12.1 Å². The van der Waals surface area contributed by atoms with Gasteiger partial charge in [0.05, 0.1) is 18.8 Å². The van der Waals surface area contributed by atoms with Crippen molar-refractivity contribution in [2.75, 3.05) is 13.2 Å². The molecule has 1 fully saturated rings. The molecule has 0 saturated heterocycles. The van der Waals surface area contributed by atoms with Gasteiger partial charge in [-0.2, -0.15) is 13.2 Å². The van der Waals surface area contributed by atoms with Crippen LogP contribution in [0.1, 0.15) is 76.3 Å². The number of oxazole rings is 1. The van der Waals surface area contributed by atoms with Crippen molar-refractivity contribution in [3.63, 3.8) is 0 Å². The molecule has 1 aliphatic rings. The van der Waals surface area contributed by atoms with Crippen molar-refractivity contribution in [2.24, 2.45) is 11.8 Å². The lowest BCUT2D eigenvalue weighted by atomic mass is 9.82. The van der Waals surface area contributed by atoms with Gasteiger partial charge in [-0.05, 0) is 63.1 Å². The number of benzene rings is 1. The SMILES string of the molecule is CC(C)c1oc(-c2cccc(C(F)(F)F)c2)nc1COCC1CCCC(COC(C)(C)C(=O)O)C1. The second-order valence-corrected chi connectivity index (χ2v) is 10.1. The lowest BCUT2D eigenvalue weighted by molar-refractivity contribution is -0.163. The molecular weight excluding hydrogens is 463 g/mol. The summed E-state index contributed by atoms with van der Waals surface area (Å²) in [6.07, 6.45) is -0.517. The summed E-state index contributed by atoms with van der Waals surface area (Å²) in [6.45, 7) is 8.10. The number of alkyl halides is 3. The first kappa shape index (κ1) is 27.2. The Kier molecular flexibility index (Phi) is 8.64. The number of carboxylic acid groups (broad SMARTS) is 1. The van der Waals surface area contributed by atoms with Gasteiger partial charge in [0.25, 0.3) is 0 Å². The molecule has 3 rings (SSSR count). The van der Waals surface area contributed by atoms with Gasteiger partial charge in [0.15, 0.2) is 5.60 Å². The van der Waals surface area contributed by atoms with E-state index in [2.05, 4.69) is 4.98 Å². The molecule has 2 aromatic rings. The molecule has 2 atom stereocenters. The largest absolute Gasteiger partial charge is 0.479 e. The van der Waals surface area contributed by atoms with Gasteiger partial charge in [-0.1, -0.05) is 26.3 Å². The first-order valence-electron chi connectivity index (χ1n) is 12.0. The predicted octanol–water partition coefficient (Wildman–Crippen LogP) is 6.69. The van der Waals surface area contributed by atoms with E-state index in [4.69, 9.17) is 13.9 Å². The third-order valence-electron chi connectivity index (χ3n) is 6.37. The third kappa shape index (κ3) is 7.30. The van der Waals surface area contributed by atoms with E-state index >= 15 is 0 Å². The Hall–Kier alpha value is -2.39. The van der Waals surface area contributed by atoms with E-state index in [1.54, 1.807) is 19.9 Å². The van der Waals surface area contributed by atoms with Gasteiger partial charge < -0.3 is 19.0 Å². The molecule has 0 bridgehead atoms. The van der Waals surface area contributed by atoms with Gasteiger partial charge in [0, 0.05) is 18.1 Å². The first-order chi connectivity index (χ1) is 16.4. The maximum absolute atomic E-state index is 13.1. The van der Waals surface area contributed by atoms with Gasteiger partial charge in [0.2, 0.25) is 5.89 Å². The second-order valence-electron chi connectivity index (χ2n) is 10.1. The van der Waals surface area contributed by atoms with Gasteiger partial charge in [-0.25, -0.2) is 9.78 Å². The van der Waals surface area contributed by atoms with Crippen LogP contribution in [0.25, 0.3) is 11.5 Å². The number of carboxylic acids is 1. The minimum absolute atomic E-state index is 0.00514. The number of hydrogen-bond acceptors (Lipinski definition) is 5. The van der Waals surface area contributed by atoms with Crippen LogP contribution in [0, 0.1) is 11.8 Å². The summed E-state index contributed by atoms with van der Waals surface area (Å²) >= 11 is 0. The van der Waals surface area contributed by atoms with E-state index in [0.717, 1.165) is 37.8 Å². The van der Waals surface area contributed by atoms with Crippen LogP contribution in [0.4, 0.5) is 13.2 Å². The molecule has 1 N–H and O–H groups in total. The van der Waals surface area contributed by atoms with E-state index in [0.29, 0.717) is 30.6 Å². The highest BCUT2D eigenvalue weighted by Gasteiger charge is 2.32. The zero-order valence-electron chi connectivity index (χ0n) is 20.7. The highest BCUT2D eigenvalue weighted by molar-refractivity contribution is 5.76. The Morgan fingerprint density at radius 3 is 2.51 bits per heavy atom. The van der Waals surface area contributed by atoms with Gasteiger partial charge in [-0.3, -0.25) is 0 Å². The molecule has 1 heterocycles. The van der Waals surface area contributed by atoms with Gasteiger partial charge in [-0.15, -0.1) is 0 Å². The lowest BCUT2D eigenvalue weighted by Gasteiger charge is -2.31. The van der Waals surface area contributed by atoms with E-state index in [1.165, 1.54) is 6.07 Å². The summed E-state index contributed by atoms with van der Waals surface area (Å²) < 4.78 is 56.8. The molecule has 0 spiro atoms. The van der Waals surface area contributed by atoms with Crippen molar-refractivity contribution in [3.8, 4) is 11.5 Å². The van der Waals surface area contributed by atoms with Crippen molar-refractivity contribution in [2.45, 2.75) is 77.7 Å². The van der Waals surface area contributed by atoms with Gasteiger partial charge in [0.1, 0.15) is 11.5 Å². The Bertz CT molecular complexity index is 999. The number of carbonyl (C=O) groups is 1. The minimum atomic E-state index is -4.44. The van der Waals surface area contributed by atoms with Crippen LogP contribution in [-0.2, 0) is 27.1 Å². The predicted molar refractivity (Wildman–Crippen MR) is 124 cm³/mol. The molecule has 0 aliphatic heterocycles. The van der Waals surface area contributed by atoms with Crippen LogP contribution in [-0.4, -0.2) is 34.9 Å². The normalized spacial score (nSPS) is 19.3. The van der Waals surface area contributed by atoms with E-state index in [-0.39, 0.29) is 29.9 Å². The summed E-state index contributed by atoms with van der Waals surface area (Å²) in [7, 11) is 0. The van der Waals surface area contributed by atoms with E-state index in [1.807, 2.05) is 13.8 Å². The second kappa shape index (κ2) is 11.1. The topological polar surface area (TPSA) is 81.8 Å². The molecule has 1 saturated carbocycles. The number of hydrogen-bond donors (Lipinski definition) is 1. The summed E-state index contributed by atoms with van der Waals surface area (Å²) in [6, 6.07) is 4.95. The Morgan fingerprint density at radius 2 is 1.89 bits per heavy atom. The maximum atomic E-state index is 13.1. The molecule has 1 aliphatic carbocycles. The Morgan fingerprint density at radius 1 is 1.20 bits per heavy atom. The molecule has 6 nitrogen and oxygen atoms in total. The molecule has 9 heteroatoms. The van der Waals surface area contributed by atoms with Crippen LogP contribution in [0.5, 0.6) is 0 Å². The van der Waals surface area contributed by atoms with Crippen molar-refractivity contribution in [1.82, 2.24) is 4.98 Å². The van der Waals surface area contributed by atoms with Crippen molar-refractivity contribution in [3.05, 3.63) is 41.3 Å². The number of rotatable bonds is 10. The van der Waals surface area contributed by atoms with Crippen molar-refractivity contribution < 1.29 is 37.0 Å². The molecule has 0 radical (unpaired) electrons. The third-order valence-corrected chi connectivity index (χ3v) is 6.37. The molecule has 0 amide bonds. The molecule has 1 aromatic carbocycles. The van der Waals surface area contributed by atoms with Crippen molar-refractivity contribution >= 4 is 5.97 Å². The van der Waals surface area contributed by atoms with Crippen LogP contribution in [0.15, 0.2) is 28.7 Å². The first-order valence-corrected chi connectivity index (χ1v) is 12.0. The minimum Gasteiger partial charge on any atom is -0.479 e. The number of halogens is 3. The molecule has 35 heavy (non-hydrogen) atoms. The maximum Gasteiger partial charge on any atom is 0.416 e. The van der Waals surface area contributed by atoms with Crippen LogP contribution in [0.2, 0.25) is 0 Å². The molecule has 2 unspecified atom stereocenters. The molecule has 194 valence electrons. The zero-order chi connectivity index (χ0) is 25.8. The molecule has 1 aromatic heterocycles. The monoisotopic (exact) mass is 497 g/mol. The van der Waals surface area contributed by atoms with E-state index in [9.17, 15) is 23.1 Å². The lowest BCUT2D eigenvalue weighted by Crippen LogP contribution is -2.37. The highest BCUT2D eigenvalue weighted by Crippen LogP contribution is 2.34. The summed E-state index contributed by atoms with van der Waals surface area (Å²) in [5.41, 5.74) is -1.10. The fourth-order valence-corrected chi connectivity index (χ4v) is 4.29. The van der Waals surface area contributed by atoms with Crippen LogP contribution in [0.3, 0.4) is 0 Å². The van der Waals surface area contributed by atoms with Crippen LogP contribution >= 0.6 is 0 Å². The number of ether oxygens (including phenoxy) is 2. The summed E-state index contributed by atoms with van der Waals surface area (Å²) in [5.74, 6) is 0.364. The van der Waals surface area contributed by atoms with Crippen LogP contribution < -0.4 is 0 Å². The summed E-state index contributed by atoms with van der Waals surface area (Å²) in [5, 5.41) is 9.22. The summed E-state index contributed by atoms with van der Waals surface area (Å²) in [4.78, 5) is 15.7. The zero-order valence-corrected chi connectivity index (χ0v) is 20.7. The van der Waals surface area contributed by atoms with Crippen molar-refractivity contribution in [1.29, 1.82) is 0 Å². The highest BCUT2D eigenvalue weighted by atomic mass is 19.4. The van der Waals surface area contributed by atoms with E-state index < -0.39 is 23.3 Å². The molecular formula is C26H34F3NO5. The Balaban J connectivity index is 1.60.